The zero-order valence-corrected chi connectivity index (χ0v) is 19.7. The van der Waals surface area contributed by atoms with Crippen LogP contribution in [0.2, 0.25) is 0 Å². The number of hydrogen-bond acceptors (Lipinski definition) is 5. The molecular formula is C24H23N3O3S2. The topological polar surface area (TPSA) is 73.1 Å². The lowest BCUT2D eigenvalue weighted by Crippen LogP contribution is -2.41. The highest BCUT2D eigenvalue weighted by atomic mass is 32.2. The Morgan fingerprint density at radius 2 is 1.84 bits per heavy atom. The molecule has 4 aromatic rings. The molecule has 2 heterocycles. The summed E-state index contributed by atoms with van der Waals surface area (Å²) in [5, 5.41) is 4.62. The lowest BCUT2D eigenvalue weighted by molar-refractivity contribution is -0.116. The van der Waals surface area contributed by atoms with E-state index in [0.29, 0.717) is 15.9 Å². The number of thioether (sulfide) groups is 1. The van der Waals surface area contributed by atoms with E-state index < -0.39 is 5.69 Å². The van der Waals surface area contributed by atoms with Crippen molar-refractivity contribution >= 4 is 44.9 Å². The van der Waals surface area contributed by atoms with Crippen LogP contribution in [0.1, 0.15) is 16.7 Å². The molecule has 164 valence electrons. The van der Waals surface area contributed by atoms with Crippen LogP contribution in [0.15, 0.2) is 68.4 Å². The Bertz CT molecular complexity index is 1430. The summed E-state index contributed by atoms with van der Waals surface area (Å²) in [5.41, 5.74) is 3.44. The van der Waals surface area contributed by atoms with Gasteiger partial charge in [0.15, 0.2) is 0 Å². The highest BCUT2D eigenvalue weighted by Gasteiger charge is 2.17. The van der Waals surface area contributed by atoms with Gasteiger partial charge in [0, 0.05) is 10.6 Å². The molecule has 0 unspecified atom stereocenters. The summed E-state index contributed by atoms with van der Waals surface area (Å²) in [5.74, 6) is -0.325. The van der Waals surface area contributed by atoms with E-state index in [4.69, 9.17) is 0 Å². The second-order valence-corrected chi connectivity index (χ2v) is 9.39. The molecule has 0 bridgehead atoms. The van der Waals surface area contributed by atoms with E-state index in [9.17, 15) is 14.4 Å². The minimum atomic E-state index is -0.493. The maximum atomic E-state index is 13.3. The summed E-state index contributed by atoms with van der Waals surface area (Å²) in [6.45, 7) is 4.00. The molecule has 0 aliphatic rings. The minimum Gasteiger partial charge on any atom is -0.324 e. The molecule has 0 aliphatic carbocycles. The summed E-state index contributed by atoms with van der Waals surface area (Å²) >= 11 is 2.86. The van der Waals surface area contributed by atoms with Crippen molar-refractivity contribution in [3.05, 3.63) is 91.4 Å². The van der Waals surface area contributed by atoms with Gasteiger partial charge < -0.3 is 5.32 Å². The molecule has 0 aliphatic heterocycles. The van der Waals surface area contributed by atoms with E-state index >= 15 is 0 Å². The van der Waals surface area contributed by atoms with E-state index in [2.05, 4.69) is 5.32 Å². The third kappa shape index (κ3) is 4.42. The number of rotatable bonds is 6. The molecule has 0 radical (unpaired) electrons. The van der Waals surface area contributed by atoms with Crippen molar-refractivity contribution in [2.45, 2.75) is 31.8 Å². The number of anilines is 1. The molecule has 0 saturated heterocycles. The smallest absolute Gasteiger partial charge is 0.324 e. The largest absolute Gasteiger partial charge is 0.332 e. The van der Waals surface area contributed by atoms with E-state index in [1.165, 1.54) is 20.5 Å². The van der Waals surface area contributed by atoms with Gasteiger partial charge in [0.05, 0.1) is 12.1 Å². The van der Waals surface area contributed by atoms with E-state index in [-0.39, 0.29) is 24.6 Å². The van der Waals surface area contributed by atoms with Crippen LogP contribution in [0.5, 0.6) is 0 Å². The molecule has 0 atom stereocenters. The molecule has 1 N–H and O–H groups in total. The molecule has 32 heavy (non-hydrogen) atoms. The van der Waals surface area contributed by atoms with Gasteiger partial charge in [-0.1, -0.05) is 24.3 Å². The molecule has 8 heteroatoms. The van der Waals surface area contributed by atoms with E-state index in [1.807, 2.05) is 56.5 Å². The second kappa shape index (κ2) is 9.18. The second-order valence-electron chi connectivity index (χ2n) is 7.59. The van der Waals surface area contributed by atoms with Crippen molar-refractivity contribution in [1.82, 2.24) is 9.13 Å². The third-order valence-electron chi connectivity index (χ3n) is 5.40. The molecule has 1 amide bonds. The summed E-state index contributed by atoms with van der Waals surface area (Å²) in [7, 11) is 0. The Balaban J connectivity index is 1.70. The van der Waals surface area contributed by atoms with Gasteiger partial charge in [-0.25, -0.2) is 4.79 Å². The number of benzene rings is 2. The van der Waals surface area contributed by atoms with E-state index in [0.717, 1.165) is 21.6 Å². The first-order valence-corrected chi connectivity index (χ1v) is 12.2. The number of hydrogen-bond donors (Lipinski definition) is 1. The van der Waals surface area contributed by atoms with Gasteiger partial charge in [-0.15, -0.1) is 23.1 Å². The maximum Gasteiger partial charge on any atom is 0.332 e. The quantitative estimate of drug-likeness (QED) is 0.432. The lowest BCUT2D eigenvalue weighted by atomic mass is 10.1. The van der Waals surface area contributed by atoms with Crippen molar-refractivity contribution in [1.29, 1.82) is 0 Å². The van der Waals surface area contributed by atoms with Crippen molar-refractivity contribution in [2.24, 2.45) is 0 Å². The Morgan fingerprint density at radius 3 is 2.59 bits per heavy atom. The first-order chi connectivity index (χ1) is 15.4. The standard InChI is InChI=1S/C24H23N3O3S2/c1-15-7-8-17(11-16(15)2)13-27-23(29)22-20(9-10-32-22)26(24(27)30)14-21(28)25-18-5-4-6-19(12-18)31-3/h4-12H,13-14H2,1-3H3,(H,25,28). The van der Waals surface area contributed by atoms with Gasteiger partial charge in [-0.05, 0) is 66.4 Å². The molecule has 2 aromatic heterocycles. The van der Waals surface area contributed by atoms with Crippen LogP contribution in [0.25, 0.3) is 10.2 Å². The number of amides is 1. The Labute approximate surface area is 193 Å². The molecule has 2 aromatic carbocycles. The maximum absolute atomic E-state index is 13.3. The van der Waals surface area contributed by atoms with Crippen LogP contribution < -0.4 is 16.6 Å². The number of carbonyl (C=O) groups is 1. The average molecular weight is 466 g/mol. The van der Waals surface area contributed by atoms with Gasteiger partial charge in [-0.2, -0.15) is 0 Å². The predicted molar refractivity (Wildman–Crippen MR) is 132 cm³/mol. The van der Waals surface area contributed by atoms with Gasteiger partial charge in [0.25, 0.3) is 5.56 Å². The van der Waals surface area contributed by atoms with Crippen LogP contribution in [-0.4, -0.2) is 21.3 Å². The molecule has 4 rings (SSSR count). The van der Waals surface area contributed by atoms with Crippen LogP contribution in [-0.2, 0) is 17.9 Å². The zero-order valence-electron chi connectivity index (χ0n) is 18.0. The lowest BCUT2D eigenvalue weighted by Gasteiger charge is -2.13. The minimum absolute atomic E-state index is 0.157. The van der Waals surface area contributed by atoms with Gasteiger partial charge in [-0.3, -0.25) is 18.7 Å². The molecule has 0 spiro atoms. The molecule has 0 saturated carbocycles. The molecule has 0 fully saturated rings. The number of thiophene rings is 1. The summed E-state index contributed by atoms with van der Waals surface area (Å²) in [4.78, 5) is 40.1. The SMILES string of the molecule is CSc1cccc(NC(=O)Cn2c(=O)n(Cc3ccc(C)c(C)c3)c(=O)c3sccc32)c1. The summed E-state index contributed by atoms with van der Waals surface area (Å²) < 4.78 is 3.05. The first-order valence-electron chi connectivity index (χ1n) is 10.1. The number of nitrogens with one attached hydrogen (secondary N) is 1. The molecule has 6 nitrogen and oxygen atoms in total. The molecular weight excluding hydrogens is 442 g/mol. The number of nitrogens with zero attached hydrogens (tertiary/aromatic N) is 2. The summed E-state index contributed by atoms with van der Waals surface area (Å²) in [6.07, 6.45) is 1.96. The monoisotopic (exact) mass is 465 g/mol. The third-order valence-corrected chi connectivity index (χ3v) is 7.02. The normalized spacial score (nSPS) is 11.1. The van der Waals surface area contributed by atoms with E-state index in [1.54, 1.807) is 29.3 Å². The Hall–Kier alpha value is -3.10. The van der Waals surface area contributed by atoms with Crippen molar-refractivity contribution in [3.63, 3.8) is 0 Å². The van der Waals surface area contributed by atoms with Gasteiger partial charge >= 0.3 is 5.69 Å². The predicted octanol–water partition coefficient (Wildman–Crippen LogP) is 4.25. The van der Waals surface area contributed by atoms with Crippen molar-refractivity contribution in [2.75, 3.05) is 11.6 Å². The zero-order chi connectivity index (χ0) is 22.8. The average Bonchev–Trinajstić information content (AvgIpc) is 3.27. The van der Waals surface area contributed by atoms with Crippen LogP contribution in [0.3, 0.4) is 0 Å². The fourth-order valence-electron chi connectivity index (χ4n) is 3.55. The van der Waals surface area contributed by atoms with Crippen LogP contribution in [0, 0.1) is 13.8 Å². The van der Waals surface area contributed by atoms with Gasteiger partial charge in [0.1, 0.15) is 11.2 Å². The van der Waals surface area contributed by atoms with Crippen molar-refractivity contribution in [3.8, 4) is 0 Å². The number of aryl methyl sites for hydroxylation is 2. The Morgan fingerprint density at radius 1 is 1.03 bits per heavy atom. The summed E-state index contributed by atoms with van der Waals surface area (Å²) in [6, 6.07) is 15.1. The highest BCUT2D eigenvalue weighted by molar-refractivity contribution is 7.98. The Kier molecular flexibility index (Phi) is 6.34. The van der Waals surface area contributed by atoms with Crippen molar-refractivity contribution < 1.29 is 4.79 Å². The highest BCUT2D eigenvalue weighted by Crippen LogP contribution is 2.20. The van der Waals surface area contributed by atoms with Crippen LogP contribution >= 0.6 is 23.1 Å². The van der Waals surface area contributed by atoms with Gasteiger partial charge in [0.2, 0.25) is 5.91 Å². The fraction of sp³-hybridized carbons (Fsp3) is 0.208. The van der Waals surface area contributed by atoms with Crippen LogP contribution in [0.4, 0.5) is 5.69 Å². The fourth-order valence-corrected chi connectivity index (χ4v) is 4.86. The number of fused-ring (bicyclic) bond motifs is 1. The number of aromatic nitrogens is 2. The first kappa shape index (κ1) is 22.1. The number of carbonyl (C=O) groups excluding carboxylic acids is 1.